The molecule has 21 heavy (non-hydrogen) atoms. The molecular weight excluding hydrogens is 310 g/mol. The molecule has 1 atom stereocenters. The van der Waals surface area contributed by atoms with Gasteiger partial charge in [-0.3, -0.25) is 0 Å². The first-order valence-corrected chi connectivity index (χ1v) is 8.81. The van der Waals surface area contributed by atoms with Crippen LogP contribution in [0.25, 0.3) is 0 Å². The molecule has 1 aliphatic heterocycles. The molecule has 0 spiro atoms. The van der Waals surface area contributed by atoms with Crippen molar-refractivity contribution < 1.29 is 8.42 Å². The van der Waals surface area contributed by atoms with Gasteiger partial charge in [-0.15, -0.1) is 0 Å². The summed E-state index contributed by atoms with van der Waals surface area (Å²) in [6.45, 7) is 4.36. The molecule has 1 fully saturated rings. The quantitative estimate of drug-likeness (QED) is 0.905. The van der Waals surface area contributed by atoms with Gasteiger partial charge in [0.05, 0.1) is 5.02 Å². The average Bonchev–Trinajstić information content (AvgIpc) is 2.44. The van der Waals surface area contributed by atoms with Gasteiger partial charge in [-0.2, -0.15) is 4.31 Å². The first-order valence-electron chi connectivity index (χ1n) is 6.99. The Morgan fingerprint density at radius 3 is 2.71 bits per heavy atom. The predicted octanol–water partition coefficient (Wildman–Crippen LogP) is 1.38. The van der Waals surface area contributed by atoms with Crippen molar-refractivity contribution in [3.05, 3.63) is 28.8 Å². The molecule has 7 heteroatoms. The van der Waals surface area contributed by atoms with Crippen molar-refractivity contribution in [2.45, 2.75) is 24.4 Å². The van der Waals surface area contributed by atoms with Crippen LogP contribution in [0.5, 0.6) is 0 Å². The second-order valence-corrected chi connectivity index (χ2v) is 7.80. The van der Waals surface area contributed by atoms with Crippen LogP contribution in [0.2, 0.25) is 5.02 Å². The van der Waals surface area contributed by atoms with E-state index in [4.69, 9.17) is 11.6 Å². The lowest BCUT2D eigenvalue weighted by Gasteiger charge is -2.37. The number of nitrogens with one attached hydrogen (secondary N) is 1. The largest absolute Gasteiger partial charge is 0.316 e. The van der Waals surface area contributed by atoms with Gasteiger partial charge in [-0.1, -0.05) is 17.7 Å². The van der Waals surface area contributed by atoms with Gasteiger partial charge in [0, 0.05) is 32.2 Å². The lowest BCUT2D eigenvalue weighted by molar-refractivity contribution is 0.159. The molecule has 0 saturated carbocycles. The molecule has 1 unspecified atom stereocenters. The smallest absolute Gasteiger partial charge is 0.244 e. The lowest BCUT2D eigenvalue weighted by atomic mass is 10.2. The molecule has 118 valence electrons. The summed E-state index contributed by atoms with van der Waals surface area (Å²) in [5.41, 5.74) is 0.905. The molecule has 0 aliphatic carbocycles. The highest BCUT2D eigenvalue weighted by Crippen LogP contribution is 2.27. The van der Waals surface area contributed by atoms with E-state index in [-0.39, 0.29) is 16.0 Å². The van der Waals surface area contributed by atoms with Gasteiger partial charge in [0.25, 0.3) is 0 Å². The summed E-state index contributed by atoms with van der Waals surface area (Å²) in [4.78, 5) is 2.36. The van der Waals surface area contributed by atoms with Crippen molar-refractivity contribution in [1.29, 1.82) is 0 Å². The van der Waals surface area contributed by atoms with E-state index in [9.17, 15) is 8.42 Å². The van der Waals surface area contributed by atoms with Gasteiger partial charge in [-0.05, 0) is 38.7 Å². The van der Waals surface area contributed by atoms with E-state index in [1.807, 2.05) is 27.1 Å². The summed E-state index contributed by atoms with van der Waals surface area (Å²) >= 11 is 6.13. The predicted molar refractivity (Wildman–Crippen MR) is 85.1 cm³/mol. The maximum atomic E-state index is 12.8. The summed E-state index contributed by atoms with van der Waals surface area (Å²) < 4.78 is 27.2. The number of hydrogen-bond acceptors (Lipinski definition) is 4. The van der Waals surface area contributed by atoms with Crippen molar-refractivity contribution in [2.75, 3.05) is 33.7 Å². The number of nitrogens with zero attached hydrogens (tertiary/aromatic N) is 2. The Kier molecular flexibility index (Phi) is 5.27. The van der Waals surface area contributed by atoms with Crippen LogP contribution in [-0.2, 0) is 16.6 Å². The normalized spacial score (nSPS) is 21.6. The Hall–Kier alpha value is -0.660. The maximum absolute atomic E-state index is 12.8. The van der Waals surface area contributed by atoms with Crippen LogP contribution in [0.1, 0.15) is 12.5 Å². The Bertz CT molecular complexity index is 606. The van der Waals surface area contributed by atoms with Crippen LogP contribution in [0, 0.1) is 0 Å². The summed E-state index contributed by atoms with van der Waals surface area (Å²) in [5, 5.41) is 3.30. The molecule has 5 nitrogen and oxygen atoms in total. The fraction of sp³-hybridized carbons (Fsp3) is 0.571. The minimum atomic E-state index is -3.54. The molecule has 2 rings (SSSR count). The van der Waals surface area contributed by atoms with E-state index in [2.05, 4.69) is 10.2 Å². The fourth-order valence-electron chi connectivity index (χ4n) is 2.43. The van der Waals surface area contributed by atoms with Gasteiger partial charge >= 0.3 is 0 Å². The monoisotopic (exact) mass is 331 g/mol. The van der Waals surface area contributed by atoms with Crippen LogP contribution in [0.3, 0.4) is 0 Å². The number of hydrogen-bond donors (Lipinski definition) is 1. The van der Waals surface area contributed by atoms with Crippen LogP contribution in [0.15, 0.2) is 23.1 Å². The second-order valence-electron chi connectivity index (χ2n) is 5.49. The van der Waals surface area contributed by atoms with Crippen LogP contribution >= 0.6 is 11.6 Å². The number of sulfonamides is 1. The number of likely N-dealkylation sites (N-methyl/N-ethyl adjacent to an activating group) is 1. The van der Waals surface area contributed by atoms with Gasteiger partial charge in [0.1, 0.15) is 4.90 Å². The highest BCUT2D eigenvalue weighted by molar-refractivity contribution is 7.89. The van der Waals surface area contributed by atoms with Crippen molar-refractivity contribution in [3.63, 3.8) is 0 Å². The summed E-state index contributed by atoms with van der Waals surface area (Å²) in [6.07, 6.45) is 0. The van der Waals surface area contributed by atoms with E-state index in [0.29, 0.717) is 19.6 Å². The Morgan fingerprint density at radius 1 is 1.38 bits per heavy atom. The van der Waals surface area contributed by atoms with E-state index >= 15 is 0 Å². The second kappa shape index (κ2) is 6.62. The molecule has 1 saturated heterocycles. The van der Waals surface area contributed by atoms with E-state index in [1.165, 1.54) is 4.31 Å². The third kappa shape index (κ3) is 3.57. The fourth-order valence-corrected chi connectivity index (χ4v) is 4.47. The summed E-state index contributed by atoms with van der Waals surface area (Å²) in [5.74, 6) is 0. The first-order chi connectivity index (χ1) is 9.86. The topological polar surface area (TPSA) is 52.7 Å². The molecular formula is C14H22ClN3O2S. The molecule has 1 heterocycles. The average molecular weight is 332 g/mol. The lowest BCUT2D eigenvalue weighted by Crippen LogP contribution is -2.51. The molecule has 1 N–H and O–H groups in total. The standard InChI is InChI=1S/C14H22ClN3O2S/c1-11-10-18(7-6-17(11)3)21(19,20)14-8-12(9-16-2)4-5-13(14)15/h4-5,8,11,16H,6-7,9-10H2,1-3H3. The van der Waals surface area contributed by atoms with Crippen LogP contribution < -0.4 is 5.32 Å². The minimum Gasteiger partial charge on any atom is -0.316 e. The molecule has 0 bridgehead atoms. The number of halogens is 1. The first kappa shape index (κ1) is 16.7. The molecule has 0 aromatic heterocycles. The molecule has 1 aromatic rings. The Balaban J connectivity index is 2.33. The highest BCUT2D eigenvalue weighted by atomic mass is 35.5. The number of benzene rings is 1. The highest BCUT2D eigenvalue weighted by Gasteiger charge is 2.32. The van der Waals surface area contributed by atoms with Gasteiger partial charge < -0.3 is 10.2 Å². The molecule has 0 radical (unpaired) electrons. The minimum absolute atomic E-state index is 0.202. The summed E-state index contributed by atoms with van der Waals surface area (Å²) in [7, 11) is 0.290. The Morgan fingerprint density at radius 2 is 2.10 bits per heavy atom. The van der Waals surface area contributed by atoms with E-state index < -0.39 is 10.0 Å². The number of piperazine rings is 1. The number of rotatable bonds is 4. The molecule has 1 aromatic carbocycles. The van der Waals surface area contributed by atoms with Gasteiger partial charge in [0.15, 0.2) is 0 Å². The Labute approximate surface area is 131 Å². The van der Waals surface area contributed by atoms with E-state index in [0.717, 1.165) is 12.1 Å². The summed E-state index contributed by atoms with van der Waals surface area (Å²) in [6, 6.07) is 5.36. The van der Waals surface area contributed by atoms with Gasteiger partial charge in [-0.25, -0.2) is 8.42 Å². The zero-order valence-electron chi connectivity index (χ0n) is 12.6. The molecule has 1 aliphatic rings. The van der Waals surface area contributed by atoms with Crippen LogP contribution in [-0.4, -0.2) is 57.4 Å². The maximum Gasteiger partial charge on any atom is 0.244 e. The van der Waals surface area contributed by atoms with Gasteiger partial charge in [0.2, 0.25) is 10.0 Å². The SMILES string of the molecule is CNCc1ccc(Cl)c(S(=O)(=O)N2CCN(C)C(C)C2)c1. The van der Waals surface area contributed by atoms with Crippen molar-refractivity contribution in [3.8, 4) is 0 Å². The molecule has 0 amide bonds. The van der Waals surface area contributed by atoms with E-state index in [1.54, 1.807) is 12.1 Å². The third-order valence-electron chi connectivity index (χ3n) is 3.92. The zero-order valence-corrected chi connectivity index (χ0v) is 14.2. The van der Waals surface area contributed by atoms with Crippen molar-refractivity contribution >= 4 is 21.6 Å². The third-order valence-corrected chi connectivity index (χ3v) is 6.26. The van der Waals surface area contributed by atoms with Crippen molar-refractivity contribution in [2.24, 2.45) is 0 Å². The van der Waals surface area contributed by atoms with Crippen molar-refractivity contribution in [1.82, 2.24) is 14.5 Å². The zero-order chi connectivity index (χ0) is 15.6. The van der Waals surface area contributed by atoms with Crippen LogP contribution in [0.4, 0.5) is 0 Å².